The summed E-state index contributed by atoms with van der Waals surface area (Å²) in [6.07, 6.45) is 3.20. The highest BCUT2D eigenvalue weighted by Gasteiger charge is 2.03. The van der Waals surface area contributed by atoms with E-state index in [9.17, 15) is 9.59 Å². The fraction of sp³-hybridized carbons (Fsp3) is 0.111. The Labute approximate surface area is 129 Å². The third-order valence-corrected chi connectivity index (χ3v) is 3.15. The number of amides is 1. The molecule has 0 aliphatic rings. The quantitative estimate of drug-likeness (QED) is 0.833. The monoisotopic (exact) mass is 295 g/mol. The average molecular weight is 295 g/mol. The molecule has 4 heteroatoms. The topological polar surface area (TPSA) is 66.4 Å². The van der Waals surface area contributed by atoms with E-state index in [1.165, 1.54) is 17.7 Å². The maximum atomic E-state index is 11.8. The van der Waals surface area contributed by atoms with Crippen molar-refractivity contribution in [1.29, 1.82) is 0 Å². The lowest BCUT2D eigenvalue weighted by Gasteiger charge is -2.03. The van der Waals surface area contributed by atoms with E-state index in [-0.39, 0.29) is 18.0 Å². The molecule has 4 nitrogen and oxygen atoms in total. The van der Waals surface area contributed by atoms with E-state index in [0.29, 0.717) is 0 Å². The van der Waals surface area contributed by atoms with Crippen molar-refractivity contribution in [3.05, 3.63) is 76.9 Å². The van der Waals surface area contributed by atoms with E-state index in [4.69, 9.17) is 5.11 Å². The van der Waals surface area contributed by atoms with Crippen LogP contribution in [-0.2, 0) is 11.3 Å². The van der Waals surface area contributed by atoms with Gasteiger partial charge in [0, 0.05) is 12.6 Å². The number of hydrogen-bond acceptors (Lipinski definition) is 2. The maximum absolute atomic E-state index is 11.8. The molecule has 2 rings (SSSR count). The number of nitrogens with one attached hydrogen (secondary N) is 1. The Balaban J connectivity index is 1.91. The van der Waals surface area contributed by atoms with Crippen LogP contribution in [-0.4, -0.2) is 17.0 Å². The predicted molar refractivity (Wildman–Crippen MR) is 85.5 cm³/mol. The standard InChI is InChI=1S/C18H17NO3/c1-13-5-7-14(8-6-13)9-10-17(20)19-12-15-3-2-4-16(11-15)18(21)22/h2-11H,12H2,1H3,(H,19,20)(H,21,22)/b10-9+. The SMILES string of the molecule is Cc1ccc(/C=C/C(=O)NCc2cccc(C(=O)O)c2)cc1. The summed E-state index contributed by atoms with van der Waals surface area (Å²) in [6, 6.07) is 14.3. The van der Waals surface area contributed by atoms with Crippen LogP contribution in [0.15, 0.2) is 54.6 Å². The Kier molecular flexibility index (Phi) is 5.09. The van der Waals surface area contributed by atoms with Gasteiger partial charge in [0.05, 0.1) is 5.56 Å². The molecule has 2 N–H and O–H groups in total. The first-order valence-corrected chi connectivity index (χ1v) is 6.89. The van der Waals surface area contributed by atoms with E-state index in [1.807, 2.05) is 31.2 Å². The van der Waals surface area contributed by atoms with Crippen molar-refractivity contribution >= 4 is 18.0 Å². The van der Waals surface area contributed by atoms with Crippen molar-refractivity contribution in [2.45, 2.75) is 13.5 Å². The van der Waals surface area contributed by atoms with Crippen LogP contribution in [0.3, 0.4) is 0 Å². The van der Waals surface area contributed by atoms with Crippen LogP contribution in [0.25, 0.3) is 6.08 Å². The van der Waals surface area contributed by atoms with E-state index in [1.54, 1.807) is 24.3 Å². The Bertz CT molecular complexity index is 703. The second kappa shape index (κ2) is 7.22. The average Bonchev–Trinajstić information content (AvgIpc) is 2.52. The van der Waals surface area contributed by atoms with Gasteiger partial charge in [-0.1, -0.05) is 42.0 Å². The van der Waals surface area contributed by atoms with Crippen LogP contribution in [0.4, 0.5) is 0 Å². The highest BCUT2D eigenvalue weighted by Crippen LogP contribution is 2.06. The van der Waals surface area contributed by atoms with Crippen LogP contribution in [0.5, 0.6) is 0 Å². The molecule has 0 saturated heterocycles. The summed E-state index contributed by atoms with van der Waals surface area (Å²) in [4.78, 5) is 22.6. The Morgan fingerprint density at radius 1 is 1.14 bits per heavy atom. The number of benzene rings is 2. The first kappa shape index (κ1) is 15.5. The molecule has 0 bridgehead atoms. The van der Waals surface area contributed by atoms with Gasteiger partial charge in [0.15, 0.2) is 0 Å². The summed E-state index contributed by atoms with van der Waals surface area (Å²) in [5.74, 6) is -1.20. The van der Waals surface area contributed by atoms with E-state index in [2.05, 4.69) is 5.32 Å². The molecule has 0 aliphatic carbocycles. The van der Waals surface area contributed by atoms with E-state index in [0.717, 1.165) is 11.1 Å². The number of carbonyl (C=O) groups excluding carboxylic acids is 1. The molecule has 2 aromatic carbocycles. The molecule has 0 heterocycles. The number of carbonyl (C=O) groups is 2. The summed E-state index contributed by atoms with van der Waals surface area (Å²) in [5.41, 5.74) is 3.08. The third kappa shape index (κ3) is 4.59. The lowest BCUT2D eigenvalue weighted by Crippen LogP contribution is -2.20. The van der Waals surface area contributed by atoms with E-state index < -0.39 is 5.97 Å². The summed E-state index contributed by atoms with van der Waals surface area (Å²) < 4.78 is 0. The Morgan fingerprint density at radius 3 is 2.55 bits per heavy atom. The summed E-state index contributed by atoms with van der Waals surface area (Å²) >= 11 is 0. The van der Waals surface area contributed by atoms with Crippen molar-refractivity contribution in [2.75, 3.05) is 0 Å². The smallest absolute Gasteiger partial charge is 0.335 e. The molecule has 0 radical (unpaired) electrons. The minimum Gasteiger partial charge on any atom is -0.478 e. The van der Waals surface area contributed by atoms with Gasteiger partial charge in [0.1, 0.15) is 0 Å². The second-order valence-electron chi connectivity index (χ2n) is 4.97. The van der Waals surface area contributed by atoms with Crippen LogP contribution < -0.4 is 5.32 Å². The highest BCUT2D eigenvalue weighted by atomic mass is 16.4. The fourth-order valence-corrected chi connectivity index (χ4v) is 1.91. The second-order valence-corrected chi connectivity index (χ2v) is 4.97. The van der Waals surface area contributed by atoms with Gasteiger partial charge in [-0.15, -0.1) is 0 Å². The number of aryl methyl sites for hydroxylation is 1. The van der Waals surface area contributed by atoms with Crippen LogP contribution in [0, 0.1) is 6.92 Å². The molecule has 1 amide bonds. The lowest BCUT2D eigenvalue weighted by molar-refractivity contribution is -0.116. The number of carboxylic acid groups (broad SMARTS) is 1. The minimum absolute atomic E-state index is 0.210. The molecule has 2 aromatic rings. The Morgan fingerprint density at radius 2 is 1.86 bits per heavy atom. The number of hydrogen-bond donors (Lipinski definition) is 2. The summed E-state index contributed by atoms with van der Waals surface area (Å²) in [7, 11) is 0. The molecule has 0 fully saturated rings. The predicted octanol–water partition coefficient (Wildman–Crippen LogP) is 3.02. The van der Waals surface area contributed by atoms with Crippen molar-refractivity contribution in [3.63, 3.8) is 0 Å². The van der Waals surface area contributed by atoms with Gasteiger partial charge in [0.25, 0.3) is 0 Å². The molecule has 0 spiro atoms. The Hall–Kier alpha value is -2.88. The molecule has 22 heavy (non-hydrogen) atoms. The van der Waals surface area contributed by atoms with Gasteiger partial charge in [-0.2, -0.15) is 0 Å². The molecule has 0 saturated carbocycles. The maximum Gasteiger partial charge on any atom is 0.335 e. The lowest BCUT2D eigenvalue weighted by atomic mass is 10.1. The number of rotatable bonds is 5. The van der Waals surface area contributed by atoms with Gasteiger partial charge in [-0.25, -0.2) is 4.79 Å². The van der Waals surface area contributed by atoms with Crippen molar-refractivity contribution < 1.29 is 14.7 Å². The summed E-state index contributed by atoms with van der Waals surface area (Å²) in [6.45, 7) is 2.30. The molecular weight excluding hydrogens is 278 g/mol. The van der Waals surface area contributed by atoms with Crippen LogP contribution in [0.2, 0.25) is 0 Å². The van der Waals surface area contributed by atoms with Gasteiger partial charge < -0.3 is 10.4 Å². The number of aromatic carboxylic acids is 1. The third-order valence-electron chi connectivity index (χ3n) is 3.15. The molecule has 112 valence electrons. The normalized spacial score (nSPS) is 10.6. The molecule has 0 aromatic heterocycles. The van der Waals surface area contributed by atoms with Crippen molar-refractivity contribution in [1.82, 2.24) is 5.32 Å². The van der Waals surface area contributed by atoms with Crippen molar-refractivity contribution in [2.24, 2.45) is 0 Å². The first-order chi connectivity index (χ1) is 10.5. The van der Waals surface area contributed by atoms with Gasteiger partial charge in [-0.3, -0.25) is 4.79 Å². The van der Waals surface area contributed by atoms with Gasteiger partial charge in [-0.05, 0) is 36.3 Å². The first-order valence-electron chi connectivity index (χ1n) is 6.89. The summed E-state index contributed by atoms with van der Waals surface area (Å²) in [5, 5.41) is 11.6. The zero-order valence-electron chi connectivity index (χ0n) is 12.2. The molecule has 0 atom stereocenters. The van der Waals surface area contributed by atoms with Gasteiger partial charge >= 0.3 is 5.97 Å². The highest BCUT2D eigenvalue weighted by molar-refractivity contribution is 5.91. The number of carboxylic acids is 1. The van der Waals surface area contributed by atoms with Crippen LogP contribution in [0.1, 0.15) is 27.0 Å². The zero-order valence-corrected chi connectivity index (χ0v) is 12.2. The molecular formula is C18H17NO3. The van der Waals surface area contributed by atoms with Gasteiger partial charge in [0.2, 0.25) is 5.91 Å². The largest absolute Gasteiger partial charge is 0.478 e. The zero-order chi connectivity index (χ0) is 15.9. The molecule has 0 unspecified atom stereocenters. The minimum atomic E-state index is -0.979. The fourth-order valence-electron chi connectivity index (χ4n) is 1.91. The van der Waals surface area contributed by atoms with Crippen LogP contribution >= 0.6 is 0 Å². The van der Waals surface area contributed by atoms with E-state index >= 15 is 0 Å². The molecule has 0 aliphatic heterocycles. The van der Waals surface area contributed by atoms with Crippen molar-refractivity contribution in [3.8, 4) is 0 Å².